The monoisotopic (exact) mass is 211 g/mol. The van der Waals surface area contributed by atoms with Gasteiger partial charge in [-0.2, -0.15) is 0 Å². The SMILES string of the molecule is Fc1ccccc1C1=NC(CCl)CC1. The molecule has 0 amide bonds. The molecule has 3 heteroatoms. The summed E-state index contributed by atoms with van der Waals surface area (Å²) in [4.78, 5) is 4.38. The quantitative estimate of drug-likeness (QED) is 0.667. The molecular weight excluding hydrogens is 201 g/mol. The van der Waals surface area contributed by atoms with E-state index in [-0.39, 0.29) is 11.9 Å². The van der Waals surface area contributed by atoms with Gasteiger partial charge in [-0.25, -0.2) is 4.39 Å². The molecule has 2 rings (SSSR count). The van der Waals surface area contributed by atoms with Crippen LogP contribution in [0.5, 0.6) is 0 Å². The number of benzene rings is 1. The van der Waals surface area contributed by atoms with Crippen molar-refractivity contribution in [3.63, 3.8) is 0 Å². The lowest BCUT2D eigenvalue weighted by Crippen LogP contribution is -2.00. The maximum Gasteiger partial charge on any atom is 0.132 e. The number of hydrogen-bond acceptors (Lipinski definition) is 1. The first-order valence-electron chi connectivity index (χ1n) is 4.69. The molecule has 0 spiro atoms. The van der Waals surface area contributed by atoms with E-state index in [0.717, 1.165) is 18.6 Å². The third-order valence-electron chi connectivity index (χ3n) is 2.42. The molecule has 1 heterocycles. The van der Waals surface area contributed by atoms with Crippen LogP contribution in [0.15, 0.2) is 29.3 Å². The Kier molecular flexibility index (Phi) is 2.82. The zero-order chi connectivity index (χ0) is 9.97. The molecule has 1 aromatic rings. The summed E-state index contributed by atoms with van der Waals surface area (Å²) in [6, 6.07) is 6.92. The second-order valence-corrected chi connectivity index (χ2v) is 3.71. The van der Waals surface area contributed by atoms with Crippen LogP contribution >= 0.6 is 11.6 Å². The van der Waals surface area contributed by atoms with Gasteiger partial charge in [-0.15, -0.1) is 11.6 Å². The molecule has 0 fully saturated rings. The number of alkyl halides is 1. The molecule has 0 saturated heterocycles. The van der Waals surface area contributed by atoms with Gasteiger partial charge >= 0.3 is 0 Å². The highest BCUT2D eigenvalue weighted by Gasteiger charge is 2.19. The third-order valence-corrected chi connectivity index (χ3v) is 2.77. The van der Waals surface area contributed by atoms with Crippen molar-refractivity contribution in [3.05, 3.63) is 35.6 Å². The summed E-state index contributed by atoms with van der Waals surface area (Å²) in [5, 5.41) is 0. The molecule has 0 saturated carbocycles. The molecule has 1 aliphatic heterocycles. The molecule has 0 bridgehead atoms. The minimum Gasteiger partial charge on any atom is -0.284 e. The molecule has 1 aromatic carbocycles. The van der Waals surface area contributed by atoms with Crippen molar-refractivity contribution in [2.75, 3.05) is 5.88 Å². The van der Waals surface area contributed by atoms with Gasteiger partial charge in [0.05, 0.1) is 6.04 Å². The fraction of sp³-hybridized carbons (Fsp3) is 0.364. The smallest absolute Gasteiger partial charge is 0.132 e. The maximum atomic E-state index is 13.4. The molecule has 1 aliphatic rings. The van der Waals surface area contributed by atoms with Crippen LogP contribution in [0.25, 0.3) is 0 Å². The van der Waals surface area contributed by atoms with Gasteiger partial charge in [-0.05, 0) is 18.9 Å². The molecule has 14 heavy (non-hydrogen) atoms. The van der Waals surface area contributed by atoms with Crippen LogP contribution in [-0.4, -0.2) is 17.6 Å². The molecule has 0 aliphatic carbocycles. The molecule has 74 valence electrons. The van der Waals surface area contributed by atoms with Crippen molar-refractivity contribution in [1.82, 2.24) is 0 Å². The zero-order valence-electron chi connectivity index (χ0n) is 7.71. The predicted molar refractivity (Wildman–Crippen MR) is 56.7 cm³/mol. The van der Waals surface area contributed by atoms with Crippen LogP contribution < -0.4 is 0 Å². The predicted octanol–water partition coefficient (Wildman–Crippen LogP) is 3.02. The average Bonchev–Trinajstić information content (AvgIpc) is 2.67. The largest absolute Gasteiger partial charge is 0.284 e. The van der Waals surface area contributed by atoms with Gasteiger partial charge in [0.2, 0.25) is 0 Å². The summed E-state index contributed by atoms with van der Waals surface area (Å²) >= 11 is 5.70. The number of hydrogen-bond donors (Lipinski definition) is 0. The molecule has 0 radical (unpaired) electrons. The lowest BCUT2D eigenvalue weighted by atomic mass is 10.1. The van der Waals surface area contributed by atoms with Gasteiger partial charge in [0.25, 0.3) is 0 Å². The number of nitrogens with zero attached hydrogens (tertiary/aromatic N) is 1. The first-order chi connectivity index (χ1) is 6.81. The van der Waals surface area contributed by atoms with E-state index in [1.165, 1.54) is 6.07 Å². The fourth-order valence-corrected chi connectivity index (χ4v) is 1.89. The lowest BCUT2D eigenvalue weighted by molar-refractivity contribution is 0.625. The minimum absolute atomic E-state index is 0.172. The van der Waals surface area contributed by atoms with E-state index >= 15 is 0 Å². The molecule has 0 N–H and O–H groups in total. The topological polar surface area (TPSA) is 12.4 Å². The van der Waals surface area contributed by atoms with Gasteiger partial charge in [0.1, 0.15) is 5.82 Å². The zero-order valence-corrected chi connectivity index (χ0v) is 8.47. The van der Waals surface area contributed by atoms with Gasteiger partial charge in [0.15, 0.2) is 0 Å². The van der Waals surface area contributed by atoms with Crippen LogP contribution in [0.2, 0.25) is 0 Å². The van der Waals surface area contributed by atoms with Crippen molar-refractivity contribution in [2.24, 2.45) is 4.99 Å². The van der Waals surface area contributed by atoms with E-state index < -0.39 is 0 Å². The van der Waals surface area contributed by atoms with E-state index in [0.29, 0.717) is 11.4 Å². The second-order valence-electron chi connectivity index (χ2n) is 3.40. The highest BCUT2D eigenvalue weighted by atomic mass is 35.5. The van der Waals surface area contributed by atoms with Gasteiger partial charge in [-0.1, -0.05) is 18.2 Å². The van der Waals surface area contributed by atoms with Crippen molar-refractivity contribution >= 4 is 17.3 Å². The Balaban J connectivity index is 2.28. The summed E-state index contributed by atoms with van der Waals surface area (Å²) in [6.45, 7) is 0. The summed E-state index contributed by atoms with van der Waals surface area (Å²) in [5.41, 5.74) is 1.48. The van der Waals surface area contributed by atoms with E-state index in [9.17, 15) is 4.39 Å². The highest BCUT2D eigenvalue weighted by Crippen LogP contribution is 2.20. The standard InChI is InChI=1S/C11H11ClFN/c12-7-8-5-6-11(14-8)9-3-1-2-4-10(9)13/h1-4,8H,5-7H2. The third kappa shape index (κ3) is 1.80. The first kappa shape index (κ1) is 9.66. The van der Waals surface area contributed by atoms with Gasteiger partial charge < -0.3 is 0 Å². The first-order valence-corrected chi connectivity index (χ1v) is 5.22. The summed E-state index contributed by atoms with van der Waals surface area (Å²) in [6.07, 6.45) is 1.77. The van der Waals surface area contributed by atoms with E-state index in [1.54, 1.807) is 12.1 Å². The van der Waals surface area contributed by atoms with Crippen LogP contribution in [0.3, 0.4) is 0 Å². The Labute approximate surface area is 87.6 Å². The van der Waals surface area contributed by atoms with Gasteiger partial charge in [-0.3, -0.25) is 4.99 Å². The van der Waals surface area contributed by atoms with E-state index in [1.807, 2.05) is 6.07 Å². The van der Waals surface area contributed by atoms with Crippen LogP contribution in [0.4, 0.5) is 4.39 Å². The number of halogens is 2. The number of rotatable bonds is 2. The summed E-state index contributed by atoms with van der Waals surface area (Å²) in [7, 11) is 0. The Morgan fingerprint density at radius 2 is 2.21 bits per heavy atom. The normalized spacial score (nSPS) is 21.0. The molecular formula is C11H11ClFN. The van der Waals surface area contributed by atoms with Crippen LogP contribution in [-0.2, 0) is 0 Å². The molecule has 1 unspecified atom stereocenters. The van der Waals surface area contributed by atoms with E-state index in [2.05, 4.69) is 4.99 Å². The Morgan fingerprint density at radius 1 is 1.43 bits per heavy atom. The Hall–Kier alpha value is -0.890. The minimum atomic E-state index is -0.193. The fourth-order valence-electron chi connectivity index (χ4n) is 1.66. The summed E-state index contributed by atoms with van der Waals surface area (Å²) < 4.78 is 13.4. The van der Waals surface area contributed by atoms with Crippen LogP contribution in [0.1, 0.15) is 18.4 Å². The molecule has 1 nitrogen and oxygen atoms in total. The van der Waals surface area contributed by atoms with Crippen molar-refractivity contribution in [2.45, 2.75) is 18.9 Å². The van der Waals surface area contributed by atoms with Gasteiger partial charge in [0, 0.05) is 17.2 Å². The molecule has 0 aromatic heterocycles. The Morgan fingerprint density at radius 3 is 2.86 bits per heavy atom. The Bertz CT molecular complexity index is 362. The van der Waals surface area contributed by atoms with E-state index in [4.69, 9.17) is 11.6 Å². The van der Waals surface area contributed by atoms with Crippen LogP contribution in [0, 0.1) is 5.82 Å². The maximum absolute atomic E-state index is 13.4. The van der Waals surface area contributed by atoms with Crippen molar-refractivity contribution in [3.8, 4) is 0 Å². The average molecular weight is 212 g/mol. The van der Waals surface area contributed by atoms with Crippen molar-refractivity contribution < 1.29 is 4.39 Å². The summed E-state index contributed by atoms with van der Waals surface area (Å²) in [5.74, 6) is 0.333. The lowest BCUT2D eigenvalue weighted by Gasteiger charge is -2.00. The van der Waals surface area contributed by atoms with Crippen molar-refractivity contribution in [1.29, 1.82) is 0 Å². The second kappa shape index (κ2) is 4.09. The highest BCUT2D eigenvalue weighted by molar-refractivity contribution is 6.18. The number of aliphatic imine (C=N–C) groups is 1. The molecule has 1 atom stereocenters.